The quantitative estimate of drug-likeness (QED) is 0.374. The lowest BCUT2D eigenvalue weighted by molar-refractivity contribution is -0.108. The van der Waals surface area contributed by atoms with E-state index in [4.69, 9.17) is 12.2 Å². The van der Waals surface area contributed by atoms with E-state index in [0.717, 1.165) is 17.4 Å². The highest BCUT2D eigenvalue weighted by molar-refractivity contribution is 5.78. The minimum atomic E-state index is -0.293. The van der Waals surface area contributed by atoms with Crippen molar-refractivity contribution in [1.82, 2.24) is 4.90 Å². The van der Waals surface area contributed by atoms with E-state index in [-0.39, 0.29) is 12.5 Å². The van der Waals surface area contributed by atoms with Gasteiger partial charge in [0.2, 0.25) is 0 Å². The average molecular weight is 243 g/mol. The van der Waals surface area contributed by atoms with Gasteiger partial charge in [0.05, 0.1) is 6.04 Å². The Morgan fingerprint density at radius 2 is 2.33 bits per heavy atom. The summed E-state index contributed by atoms with van der Waals surface area (Å²) in [5, 5.41) is 0. The highest BCUT2D eigenvalue weighted by atomic mass is 16.1. The van der Waals surface area contributed by atoms with E-state index in [1.807, 2.05) is 24.3 Å². The number of guanidine groups is 1. The van der Waals surface area contributed by atoms with E-state index in [1.54, 1.807) is 19.0 Å². The fourth-order valence-electron chi connectivity index (χ4n) is 1.47. The molecule has 0 radical (unpaired) electrons. The zero-order chi connectivity index (χ0) is 13.5. The molecule has 0 aromatic heterocycles. The number of hydrogen-bond donors (Lipinski definition) is 1. The van der Waals surface area contributed by atoms with Gasteiger partial charge in [-0.3, -0.25) is 0 Å². The summed E-state index contributed by atoms with van der Waals surface area (Å²) in [7, 11) is 3.60. The largest absolute Gasteiger partial charge is 0.370 e. The van der Waals surface area contributed by atoms with Gasteiger partial charge in [-0.05, 0) is 17.7 Å². The van der Waals surface area contributed by atoms with E-state index in [9.17, 15) is 4.79 Å². The molecular formula is C14H17N3O. The zero-order valence-corrected chi connectivity index (χ0v) is 10.6. The molecule has 0 heterocycles. The summed E-state index contributed by atoms with van der Waals surface area (Å²) in [5.74, 6) is 2.94. The van der Waals surface area contributed by atoms with Gasteiger partial charge in [0.15, 0.2) is 5.96 Å². The smallest absolute Gasteiger partial charge is 0.191 e. The number of benzene rings is 1. The normalized spacial score (nSPS) is 12.6. The second-order valence-corrected chi connectivity index (χ2v) is 4.07. The molecule has 0 saturated heterocycles. The standard InChI is InChI=1S/C14H17N3O/c1-4-11-6-5-7-12(10-11)13(8-9-18)16-14(15)17(2)3/h1,5-7,9-10,13H,8H2,2-3H3,(H2,15,16). The van der Waals surface area contributed by atoms with Crippen LogP contribution in [0.5, 0.6) is 0 Å². The molecule has 0 bridgehead atoms. The second kappa shape index (κ2) is 6.45. The van der Waals surface area contributed by atoms with E-state index in [2.05, 4.69) is 10.9 Å². The summed E-state index contributed by atoms with van der Waals surface area (Å²) in [6.07, 6.45) is 6.47. The Morgan fingerprint density at radius 1 is 1.61 bits per heavy atom. The van der Waals surface area contributed by atoms with Crippen molar-refractivity contribution in [1.29, 1.82) is 0 Å². The fraction of sp³-hybridized carbons (Fsp3) is 0.286. The summed E-state index contributed by atoms with van der Waals surface area (Å²) >= 11 is 0. The van der Waals surface area contributed by atoms with E-state index in [0.29, 0.717) is 5.96 Å². The van der Waals surface area contributed by atoms with Crippen LogP contribution in [-0.4, -0.2) is 31.2 Å². The number of nitrogens with two attached hydrogens (primary N) is 1. The molecule has 4 heteroatoms. The van der Waals surface area contributed by atoms with Crippen LogP contribution in [-0.2, 0) is 4.79 Å². The van der Waals surface area contributed by atoms with Gasteiger partial charge in [-0.15, -0.1) is 6.42 Å². The van der Waals surface area contributed by atoms with Crippen LogP contribution < -0.4 is 5.73 Å². The predicted octanol–water partition coefficient (Wildman–Crippen LogP) is 1.17. The summed E-state index contributed by atoms with van der Waals surface area (Å²) in [6, 6.07) is 7.13. The Balaban J connectivity index is 3.08. The van der Waals surface area contributed by atoms with Gasteiger partial charge >= 0.3 is 0 Å². The summed E-state index contributed by atoms with van der Waals surface area (Å²) in [4.78, 5) is 16.8. The van der Waals surface area contributed by atoms with E-state index >= 15 is 0 Å². The lowest BCUT2D eigenvalue weighted by Crippen LogP contribution is -2.31. The van der Waals surface area contributed by atoms with Gasteiger partial charge in [0, 0.05) is 26.1 Å². The van der Waals surface area contributed by atoms with Gasteiger partial charge in [0.1, 0.15) is 6.29 Å². The maximum absolute atomic E-state index is 10.7. The van der Waals surface area contributed by atoms with Crippen LogP contribution in [0.1, 0.15) is 23.6 Å². The van der Waals surface area contributed by atoms with Crippen molar-refractivity contribution in [2.24, 2.45) is 10.7 Å². The molecule has 4 nitrogen and oxygen atoms in total. The third-order valence-electron chi connectivity index (χ3n) is 2.50. The number of hydrogen-bond acceptors (Lipinski definition) is 2. The maximum atomic E-state index is 10.7. The molecule has 0 aliphatic heterocycles. The molecule has 1 unspecified atom stereocenters. The van der Waals surface area contributed by atoms with Crippen LogP contribution in [0.2, 0.25) is 0 Å². The van der Waals surface area contributed by atoms with Gasteiger partial charge in [-0.2, -0.15) is 0 Å². The first kappa shape index (κ1) is 13.8. The molecule has 0 spiro atoms. The van der Waals surface area contributed by atoms with Crippen LogP contribution in [0.15, 0.2) is 29.3 Å². The summed E-state index contributed by atoms with van der Waals surface area (Å²) < 4.78 is 0. The summed E-state index contributed by atoms with van der Waals surface area (Å²) in [6.45, 7) is 0. The first-order valence-electron chi connectivity index (χ1n) is 5.59. The third-order valence-corrected chi connectivity index (χ3v) is 2.50. The lowest BCUT2D eigenvalue weighted by Gasteiger charge is -2.16. The third kappa shape index (κ3) is 3.63. The molecule has 94 valence electrons. The minimum Gasteiger partial charge on any atom is -0.370 e. The molecule has 0 amide bonds. The van der Waals surface area contributed by atoms with E-state index < -0.39 is 0 Å². The monoisotopic (exact) mass is 243 g/mol. The number of terminal acetylenes is 1. The van der Waals surface area contributed by atoms with E-state index in [1.165, 1.54) is 0 Å². The van der Waals surface area contributed by atoms with Crippen molar-refractivity contribution in [2.45, 2.75) is 12.5 Å². The number of nitrogens with zero attached hydrogens (tertiary/aromatic N) is 2. The number of aldehydes is 1. The number of rotatable bonds is 4. The molecule has 1 aromatic carbocycles. The van der Waals surface area contributed by atoms with Crippen LogP contribution in [0.25, 0.3) is 0 Å². The Bertz CT molecular complexity index is 486. The Labute approximate surface area is 108 Å². The fourth-order valence-corrected chi connectivity index (χ4v) is 1.47. The Morgan fingerprint density at radius 3 is 2.89 bits per heavy atom. The maximum Gasteiger partial charge on any atom is 0.191 e. The topological polar surface area (TPSA) is 58.7 Å². The Kier molecular flexibility index (Phi) is 4.94. The molecule has 1 aromatic rings. The van der Waals surface area contributed by atoms with Crippen LogP contribution in [0, 0.1) is 12.3 Å². The second-order valence-electron chi connectivity index (χ2n) is 4.07. The number of aliphatic imine (C=N–C) groups is 1. The molecule has 0 aliphatic carbocycles. The SMILES string of the molecule is C#Cc1cccc(C(CC=O)N=C(N)N(C)C)c1. The van der Waals surface area contributed by atoms with Crippen molar-refractivity contribution >= 4 is 12.2 Å². The van der Waals surface area contributed by atoms with Gasteiger partial charge in [-0.1, -0.05) is 18.1 Å². The summed E-state index contributed by atoms with van der Waals surface area (Å²) in [5.41, 5.74) is 7.43. The van der Waals surface area contributed by atoms with Crippen LogP contribution in [0.3, 0.4) is 0 Å². The number of carbonyl (C=O) groups is 1. The lowest BCUT2D eigenvalue weighted by atomic mass is 10.0. The molecular weight excluding hydrogens is 226 g/mol. The first-order valence-corrected chi connectivity index (χ1v) is 5.59. The van der Waals surface area contributed by atoms with Crippen LogP contribution >= 0.6 is 0 Å². The molecule has 18 heavy (non-hydrogen) atoms. The van der Waals surface area contributed by atoms with Crippen LogP contribution in [0.4, 0.5) is 0 Å². The molecule has 1 atom stereocenters. The highest BCUT2D eigenvalue weighted by Gasteiger charge is 2.11. The van der Waals surface area contributed by atoms with Gasteiger partial charge < -0.3 is 15.4 Å². The Hall–Kier alpha value is -2.28. The molecule has 0 aliphatic rings. The molecule has 2 N–H and O–H groups in total. The minimum absolute atomic E-state index is 0.280. The van der Waals surface area contributed by atoms with Crippen molar-refractivity contribution in [2.75, 3.05) is 14.1 Å². The molecule has 0 saturated carbocycles. The van der Waals surface area contributed by atoms with Gasteiger partial charge in [-0.25, -0.2) is 4.99 Å². The van der Waals surface area contributed by atoms with Gasteiger partial charge in [0.25, 0.3) is 0 Å². The number of carbonyl (C=O) groups excluding carboxylic acids is 1. The molecule has 0 fully saturated rings. The average Bonchev–Trinajstić information content (AvgIpc) is 2.38. The predicted molar refractivity (Wildman–Crippen MR) is 73.1 cm³/mol. The van der Waals surface area contributed by atoms with Crippen molar-refractivity contribution in [3.05, 3.63) is 35.4 Å². The highest BCUT2D eigenvalue weighted by Crippen LogP contribution is 2.21. The zero-order valence-electron chi connectivity index (χ0n) is 10.6. The van der Waals surface area contributed by atoms with Crippen molar-refractivity contribution < 1.29 is 4.79 Å². The first-order chi connectivity index (χ1) is 8.58. The van der Waals surface area contributed by atoms with Crippen molar-refractivity contribution in [3.63, 3.8) is 0 Å². The van der Waals surface area contributed by atoms with Crippen molar-refractivity contribution in [3.8, 4) is 12.3 Å². The molecule has 1 rings (SSSR count).